The molecule has 1 aromatic rings. The second kappa shape index (κ2) is 6.86. The van der Waals surface area contributed by atoms with Crippen molar-refractivity contribution in [2.75, 3.05) is 19.3 Å². The summed E-state index contributed by atoms with van der Waals surface area (Å²) in [5, 5.41) is 9.47. The Balaban J connectivity index is 2.24. The lowest BCUT2D eigenvalue weighted by atomic mass is 10.1. The van der Waals surface area contributed by atoms with Crippen molar-refractivity contribution in [2.45, 2.75) is 19.0 Å². The predicted octanol–water partition coefficient (Wildman–Crippen LogP) is 0.787. The van der Waals surface area contributed by atoms with Gasteiger partial charge in [-0.25, -0.2) is 8.42 Å². The van der Waals surface area contributed by atoms with E-state index in [1.165, 1.54) is 4.90 Å². The lowest BCUT2D eigenvalue weighted by molar-refractivity contribution is -0.147. The van der Waals surface area contributed by atoms with Gasteiger partial charge < -0.3 is 10.0 Å². The van der Waals surface area contributed by atoms with Gasteiger partial charge >= 0.3 is 5.97 Å². The normalized spacial score (nSPS) is 19.8. The molecule has 2 rings (SSSR count). The summed E-state index contributed by atoms with van der Waals surface area (Å²) in [5.41, 5.74) is 0.726. The number of rotatable bonds is 5. The molecular formula is C14H17ClN2O5S. The van der Waals surface area contributed by atoms with Crippen LogP contribution < -0.4 is 0 Å². The number of aliphatic carboxylic acids is 1. The molecule has 0 aromatic heterocycles. The SMILES string of the molecule is CS(=O)(=O)N1CCN(Cc2ccccc2Cl)C(=O)C1CC(=O)O. The highest BCUT2D eigenvalue weighted by Gasteiger charge is 2.40. The van der Waals surface area contributed by atoms with E-state index in [2.05, 4.69) is 0 Å². The predicted molar refractivity (Wildman–Crippen MR) is 84.5 cm³/mol. The first-order chi connectivity index (χ1) is 10.7. The van der Waals surface area contributed by atoms with Gasteiger partial charge in [-0.05, 0) is 11.6 Å². The summed E-state index contributed by atoms with van der Waals surface area (Å²) in [6.07, 6.45) is 0.407. The zero-order valence-corrected chi connectivity index (χ0v) is 14.0. The Morgan fingerprint density at radius 2 is 2.00 bits per heavy atom. The van der Waals surface area contributed by atoms with E-state index in [0.29, 0.717) is 5.02 Å². The number of carboxylic acids is 1. The van der Waals surface area contributed by atoms with Gasteiger partial charge in [-0.1, -0.05) is 29.8 Å². The average Bonchev–Trinajstić information content (AvgIpc) is 2.43. The van der Waals surface area contributed by atoms with Gasteiger partial charge in [-0.15, -0.1) is 0 Å². The Labute approximate surface area is 139 Å². The number of carbonyl (C=O) groups is 2. The van der Waals surface area contributed by atoms with Gasteiger partial charge in [0.25, 0.3) is 0 Å². The van der Waals surface area contributed by atoms with Gasteiger partial charge in [-0.3, -0.25) is 9.59 Å². The molecule has 1 heterocycles. The van der Waals surface area contributed by atoms with E-state index in [0.717, 1.165) is 16.1 Å². The monoisotopic (exact) mass is 360 g/mol. The molecule has 1 N–H and O–H groups in total. The van der Waals surface area contributed by atoms with Gasteiger partial charge in [0.15, 0.2) is 0 Å². The van der Waals surface area contributed by atoms with Crippen LogP contribution in [0.2, 0.25) is 5.02 Å². The molecule has 1 amide bonds. The van der Waals surface area contributed by atoms with Crippen LogP contribution in [0.5, 0.6) is 0 Å². The van der Waals surface area contributed by atoms with E-state index in [1.807, 2.05) is 0 Å². The molecule has 1 saturated heterocycles. The van der Waals surface area contributed by atoms with Crippen molar-refractivity contribution in [1.82, 2.24) is 9.21 Å². The molecule has 0 bridgehead atoms. The lowest BCUT2D eigenvalue weighted by Gasteiger charge is -2.38. The molecule has 1 unspecified atom stereocenters. The van der Waals surface area contributed by atoms with Crippen molar-refractivity contribution >= 4 is 33.5 Å². The van der Waals surface area contributed by atoms with Gasteiger partial charge in [0.2, 0.25) is 15.9 Å². The van der Waals surface area contributed by atoms with Gasteiger partial charge in [0.05, 0.1) is 12.7 Å². The molecule has 1 aliphatic rings. The van der Waals surface area contributed by atoms with Crippen molar-refractivity contribution in [2.24, 2.45) is 0 Å². The third-order valence-corrected chi connectivity index (χ3v) is 5.31. The Kier molecular flexibility index (Phi) is 5.28. The molecule has 9 heteroatoms. The van der Waals surface area contributed by atoms with Crippen LogP contribution >= 0.6 is 11.6 Å². The zero-order chi connectivity index (χ0) is 17.2. The summed E-state index contributed by atoms with van der Waals surface area (Å²) in [6.45, 7) is 0.465. The van der Waals surface area contributed by atoms with E-state index in [1.54, 1.807) is 24.3 Å². The second-order valence-electron chi connectivity index (χ2n) is 5.34. The van der Waals surface area contributed by atoms with Crippen molar-refractivity contribution in [1.29, 1.82) is 0 Å². The molecule has 23 heavy (non-hydrogen) atoms. The standard InChI is InChI=1S/C14H17ClN2O5S/c1-23(21,22)17-7-6-16(14(20)12(17)8-13(18)19)9-10-4-2-3-5-11(10)15/h2-5,12H,6-9H2,1H3,(H,18,19). The molecule has 1 atom stereocenters. The summed E-state index contributed by atoms with van der Waals surface area (Å²) in [6, 6.07) is 5.79. The Morgan fingerprint density at radius 1 is 1.35 bits per heavy atom. The number of benzene rings is 1. The maximum absolute atomic E-state index is 12.5. The average molecular weight is 361 g/mol. The maximum Gasteiger partial charge on any atom is 0.305 e. The zero-order valence-electron chi connectivity index (χ0n) is 12.5. The number of nitrogens with zero attached hydrogens (tertiary/aromatic N) is 2. The lowest BCUT2D eigenvalue weighted by Crippen LogP contribution is -2.58. The maximum atomic E-state index is 12.5. The van der Waals surface area contributed by atoms with Crippen molar-refractivity contribution in [3.05, 3.63) is 34.9 Å². The molecule has 0 saturated carbocycles. The van der Waals surface area contributed by atoms with E-state index < -0.39 is 34.4 Å². The minimum atomic E-state index is -3.66. The summed E-state index contributed by atoms with van der Waals surface area (Å²) in [7, 11) is -3.66. The van der Waals surface area contributed by atoms with Crippen LogP contribution in [0.15, 0.2) is 24.3 Å². The fourth-order valence-corrected chi connectivity index (χ4v) is 3.80. The largest absolute Gasteiger partial charge is 0.481 e. The summed E-state index contributed by atoms with van der Waals surface area (Å²) in [4.78, 5) is 25.0. The van der Waals surface area contributed by atoms with Crippen LogP contribution in [0.4, 0.5) is 0 Å². The number of carboxylic acid groups (broad SMARTS) is 1. The fraction of sp³-hybridized carbons (Fsp3) is 0.429. The highest BCUT2D eigenvalue weighted by molar-refractivity contribution is 7.88. The molecule has 0 radical (unpaired) electrons. The first-order valence-electron chi connectivity index (χ1n) is 6.91. The number of hydrogen-bond donors (Lipinski definition) is 1. The van der Waals surface area contributed by atoms with E-state index in [9.17, 15) is 18.0 Å². The molecule has 126 valence electrons. The van der Waals surface area contributed by atoms with Crippen LogP contribution in [0.25, 0.3) is 0 Å². The fourth-order valence-electron chi connectivity index (χ4n) is 2.56. The highest BCUT2D eigenvalue weighted by atomic mass is 35.5. The van der Waals surface area contributed by atoms with Gasteiger partial charge in [0, 0.05) is 24.7 Å². The Bertz CT molecular complexity index is 722. The first kappa shape index (κ1) is 17.7. The quantitative estimate of drug-likeness (QED) is 0.837. The number of piperazine rings is 1. The van der Waals surface area contributed by atoms with E-state index in [4.69, 9.17) is 16.7 Å². The van der Waals surface area contributed by atoms with Crippen molar-refractivity contribution in [3.63, 3.8) is 0 Å². The number of sulfonamides is 1. The van der Waals surface area contributed by atoms with Crippen LogP contribution in [-0.4, -0.2) is 60.0 Å². The second-order valence-corrected chi connectivity index (χ2v) is 7.68. The third-order valence-electron chi connectivity index (χ3n) is 3.65. The smallest absolute Gasteiger partial charge is 0.305 e. The van der Waals surface area contributed by atoms with Crippen LogP contribution in [0, 0.1) is 0 Å². The molecule has 7 nitrogen and oxygen atoms in total. The van der Waals surface area contributed by atoms with Gasteiger partial charge in [0.1, 0.15) is 6.04 Å². The third kappa shape index (κ3) is 4.21. The van der Waals surface area contributed by atoms with E-state index in [-0.39, 0.29) is 19.6 Å². The molecule has 0 spiro atoms. The van der Waals surface area contributed by atoms with E-state index >= 15 is 0 Å². The summed E-state index contributed by atoms with van der Waals surface area (Å²) >= 11 is 6.07. The number of halogens is 1. The molecule has 1 aromatic carbocycles. The topological polar surface area (TPSA) is 95.0 Å². The molecular weight excluding hydrogens is 344 g/mol. The number of hydrogen-bond acceptors (Lipinski definition) is 4. The van der Waals surface area contributed by atoms with Crippen LogP contribution in [0.1, 0.15) is 12.0 Å². The minimum Gasteiger partial charge on any atom is -0.481 e. The highest BCUT2D eigenvalue weighted by Crippen LogP contribution is 2.22. The first-order valence-corrected chi connectivity index (χ1v) is 9.13. The molecule has 1 fully saturated rings. The van der Waals surface area contributed by atoms with Gasteiger partial charge in [-0.2, -0.15) is 4.31 Å². The minimum absolute atomic E-state index is 0.0625. The van der Waals surface area contributed by atoms with Crippen LogP contribution in [-0.2, 0) is 26.2 Å². The van der Waals surface area contributed by atoms with Crippen molar-refractivity contribution in [3.8, 4) is 0 Å². The number of carbonyl (C=O) groups excluding carboxylic acids is 1. The number of amides is 1. The Morgan fingerprint density at radius 3 is 2.57 bits per heavy atom. The molecule has 0 aliphatic carbocycles. The molecule has 1 aliphatic heterocycles. The Hall–Kier alpha value is -1.64. The van der Waals surface area contributed by atoms with Crippen LogP contribution in [0.3, 0.4) is 0 Å². The van der Waals surface area contributed by atoms with Crippen molar-refractivity contribution < 1.29 is 23.1 Å². The summed E-state index contributed by atoms with van der Waals surface area (Å²) < 4.78 is 24.5. The summed E-state index contributed by atoms with van der Waals surface area (Å²) in [5.74, 6) is -1.75.